The fraction of sp³-hybridized carbons (Fsp3) is 0.600. The number of benzene rings is 1. The Kier molecular flexibility index (Phi) is 3.07. The number of fused-ring (bicyclic) bond motifs is 1. The van der Waals surface area contributed by atoms with Crippen LogP contribution in [0.2, 0.25) is 0 Å². The maximum absolute atomic E-state index is 3.68. The van der Waals surface area contributed by atoms with Crippen LogP contribution in [-0.2, 0) is 5.41 Å². The van der Waals surface area contributed by atoms with Crippen molar-refractivity contribution in [3.05, 3.63) is 35.4 Å². The van der Waals surface area contributed by atoms with Crippen LogP contribution in [0.25, 0.3) is 0 Å². The lowest BCUT2D eigenvalue weighted by atomic mass is 9.71. The summed E-state index contributed by atoms with van der Waals surface area (Å²) in [6, 6.07) is 10.0. The van der Waals surface area contributed by atoms with Gasteiger partial charge >= 0.3 is 0 Å². The van der Waals surface area contributed by atoms with Crippen LogP contribution in [0.1, 0.15) is 57.7 Å². The Morgan fingerprint density at radius 2 is 1.94 bits per heavy atom. The summed E-state index contributed by atoms with van der Waals surface area (Å²) in [7, 11) is 0. The molecule has 2 rings (SSSR count). The first-order valence-corrected chi connectivity index (χ1v) is 6.36. The standard InChI is InChI=1S/C15H23N/c1-11(2)16-14-9-10-15(3,4)13-8-6-5-7-12(13)14/h5-8,11,14,16H,9-10H2,1-4H3. The van der Waals surface area contributed by atoms with Crippen molar-refractivity contribution < 1.29 is 0 Å². The number of hydrogen-bond acceptors (Lipinski definition) is 1. The van der Waals surface area contributed by atoms with Crippen molar-refractivity contribution in [1.82, 2.24) is 5.32 Å². The summed E-state index contributed by atoms with van der Waals surface area (Å²) in [5.74, 6) is 0. The van der Waals surface area contributed by atoms with Crippen LogP contribution in [0.5, 0.6) is 0 Å². The Hall–Kier alpha value is -0.820. The minimum absolute atomic E-state index is 0.339. The second kappa shape index (κ2) is 4.21. The molecular formula is C15H23N. The molecule has 1 unspecified atom stereocenters. The van der Waals surface area contributed by atoms with Crippen LogP contribution in [0.3, 0.4) is 0 Å². The highest BCUT2D eigenvalue weighted by molar-refractivity contribution is 5.38. The van der Waals surface area contributed by atoms with Crippen LogP contribution in [0.15, 0.2) is 24.3 Å². The Balaban J connectivity index is 2.35. The Morgan fingerprint density at radius 1 is 1.25 bits per heavy atom. The quantitative estimate of drug-likeness (QED) is 0.794. The molecule has 0 spiro atoms. The SMILES string of the molecule is CC(C)NC1CCC(C)(C)c2ccccc21. The van der Waals surface area contributed by atoms with E-state index in [1.54, 1.807) is 0 Å². The van der Waals surface area contributed by atoms with Gasteiger partial charge in [-0.1, -0.05) is 52.0 Å². The van der Waals surface area contributed by atoms with E-state index in [2.05, 4.69) is 57.3 Å². The molecule has 1 heteroatoms. The lowest BCUT2D eigenvalue weighted by molar-refractivity contribution is 0.344. The molecule has 0 radical (unpaired) electrons. The predicted octanol–water partition coefficient (Wildman–Crippen LogP) is 3.80. The number of nitrogens with one attached hydrogen (secondary N) is 1. The Labute approximate surface area is 99.3 Å². The number of hydrogen-bond donors (Lipinski definition) is 1. The van der Waals surface area contributed by atoms with E-state index in [0.717, 1.165) is 0 Å². The molecule has 0 aliphatic heterocycles. The molecule has 1 aliphatic rings. The van der Waals surface area contributed by atoms with Gasteiger partial charge in [-0.2, -0.15) is 0 Å². The van der Waals surface area contributed by atoms with Crippen LogP contribution in [0, 0.1) is 0 Å². The number of rotatable bonds is 2. The molecule has 1 N–H and O–H groups in total. The molecule has 0 bridgehead atoms. The molecule has 1 aliphatic carbocycles. The maximum atomic E-state index is 3.68. The topological polar surface area (TPSA) is 12.0 Å². The molecule has 1 atom stereocenters. The van der Waals surface area contributed by atoms with E-state index in [-0.39, 0.29) is 0 Å². The molecule has 0 saturated heterocycles. The summed E-state index contributed by atoms with van der Waals surface area (Å²) in [4.78, 5) is 0. The Morgan fingerprint density at radius 3 is 2.62 bits per heavy atom. The van der Waals surface area contributed by atoms with E-state index in [9.17, 15) is 0 Å². The molecule has 0 saturated carbocycles. The van der Waals surface area contributed by atoms with Gasteiger partial charge in [0.15, 0.2) is 0 Å². The highest BCUT2D eigenvalue weighted by Gasteiger charge is 2.32. The van der Waals surface area contributed by atoms with E-state index in [1.165, 1.54) is 24.0 Å². The lowest BCUT2D eigenvalue weighted by Gasteiger charge is -2.38. The van der Waals surface area contributed by atoms with Crippen LogP contribution in [-0.4, -0.2) is 6.04 Å². The normalized spacial score (nSPS) is 23.2. The molecule has 1 nitrogen and oxygen atoms in total. The minimum atomic E-state index is 0.339. The van der Waals surface area contributed by atoms with Gasteiger partial charge in [0, 0.05) is 12.1 Å². The van der Waals surface area contributed by atoms with Crippen molar-refractivity contribution in [2.75, 3.05) is 0 Å². The van der Waals surface area contributed by atoms with Gasteiger partial charge in [-0.15, -0.1) is 0 Å². The first-order valence-electron chi connectivity index (χ1n) is 6.36. The van der Waals surface area contributed by atoms with Crippen LogP contribution in [0.4, 0.5) is 0 Å². The summed E-state index contributed by atoms with van der Waals surface area (Å²) in [6.07, 6.45) is 2.52. The van der Waals surface area contributed by atoms with E-state index < -0.39 is 0 Å². The average molecular weight is 217 g/mol. The zero-order valence-corrected chi connectivity index (χ0v) is 10.9. The molecule has 0 fully saturated rings. The molecule has 1 aromatic rings. The smallest absolute Gasteiger partial charge is 0.0325 e. The molecule has 16 heavy (non-hydrogen) atoms. The van der Waals surface area contributed by atoms with Crippen molar-refractivity contribution in [1.29, 1.82) is 0 Å². The third-order valence-corrected chi connectivity index (χ3v) is 3.66. The van der Waals surface area contributed by atoms with Crippen molar-refractivity contribution >= 4 is 0 Å². The first-order chi connectivity index (χ1) is 7.50. The third kappa shape index (κ3) is 2.15. The van der Waals surface area contributed by atoms with E-state index in [0.29, 0.717) is 17.5 Å². The lowest BCUT2D eigenvalue weighted by Crippen LogP contribution is -2.35. The van der Waals surface area contributed by atoms with Gasteiger partial charge in [0.1, 0.15) is 0 Å². The largest absolute Gasteiger partial charge is 0.308 e. The summed E-state index contributed by atoms with van der Waals surface area (Å²) in [6.45, 7) is 9.17. The van der Waals surface area contributed by atoms with Gasteiger partial charge in [-0.25, -0.2) is 0 Å². The molecule has 0 aromatic heterocycles. The van der Waals surface area contributed by atoms with Crippen molar-refractivity contribution in [3.63, 3.8) is 0 Å². The highest BCUT2D eigenvalue weighted by atomic mass is 14.9. The summed E-state index contributed by atoms with van der Waals surface area (Å²) >= 11 is 0. The third-order valence-electron chi connectivity index (χ3n) is 3.66. The second-order valence-corrected chi connectivity index (χ2v) is 5.88. The second-order valence-electron chi connectivity index (χ2n) is 5.88. The van der Waals surface area contributed by atoms with Gasteiger partial charge in [0.25, 0.3) is 0 Å². The summed E-state index contributed by atoms with van der Waals surface area (Å²) in [5, 5.41) is 3.68. The summed E-state index contributed by atoms with van der Waals surface area (Å²) in [5.41, 5.74) is 3.37. The summed E-state index contributed by atoms with van der Waals surface area (Å²) < 4.78 is 0. The van der Waals surface area contributed by atoms with Gasteiger partial charge in [-0.3, -0.25) is 0 Å². The predicted molar refractivity (Wildman–Crippen MR) is 69.7 cm³/mol. The van der Waals surface area contributed by atoms with Crippen molar-refractivity contribution in [2.45, 2.75) is 58.0 Å². The first kappa shape index (κ1) is 11.7. The van der Waals surface area contributed by atoms with Crippen LogP contribution >= 0.6 is 0 Å². The molecule has 0 amide bonds. The minimum Gasteiger partial charge on any atom is -0.308 e. The fourth-order valence-electron chi connectivity index (χ4n) is 2.79. The molecular weight excluding hydrogens is 194 g/mol. The molecule has 88 valence electrons. The average Bonchev–Trinajstić information content (AvgIpc) is 2.23. The zero-order valence-electron chi connectivity index (χ0n) is 10.9. The zero-order chi connectivity index (χ0) is 11.8. The molecule has 1 aromatic carbocycles. The van der Waals surface area contributed by atoms with Gasteiger partial charge in [0.2, 0.25) is 0 Å². The highest BCUT2D eigenvalue weighted by Crippen LogP contribution is 2.41. The van der Waals surface area contributed by atoms with Crippen molar-refractivity contribution in [2.24, 2.45) is 0 Å². The maximum Gasteiger partial charge on any atom is 0.0325 e. The van der Waals surface area contributed by atoms with Gasteiger partial charge < -0.3 is 5.32 Å². The molecule has 0 heterocycles. The van der Waals surface area contributed by atoms with E-state index in [4.69, 9.17) is 0 Å². The fourth-order valence-corrected chi connectivity index (χ4v) is 2.79. The van der Waals surface area contributed by atoms with Gasteiger partial charge in [-0.05, 0) is 29.4 Å². The van der Waals surface area contributed by atoms with Gasteiger partial charge in [0.05, 0.1) is 0 Å². The monoisotopic (exact) mass is 217 g/mol. The van der Waals surface area contributed by atoms with Crippen molar-refractivity contribution in [3.8, 4) is 0 Å². The van der Waals surface area contributed by atoms with E-state index in [1.807, 2.05) is 0 Å². The van der Waals surface area contributed by atoms with E-state index >= 15 is 0 Å². The van der Waals surface area contributed by atoms with Crippen LogP contribution < -0.4 is 5.32 Å². The Bertz CT molecular complexity index is 365.